The first kappa shape index (κ1) is 10.8. The molecule has 0 saturated heterocycles. The zero-order valence-corrected chi connectivity index (χ0v) is 9.34. The summed E-state index contributed by atoms with van der Waals surface area (Å²) in [5.74, 6) is -0.697. The van der Waals surface area contributed by atoms with Gasteiger partial charge in [-0.1, -0.05) is 6.07 Å². The standard InChI is InChI=1S/C11H9FN2OS/c1-7-10(13-6-16-7)11(15)14-9-4-2-3-8(12)5-9/h2-6H,1H3,(H,14,15). The summed E-state index contributed by atoms with van der Waals surface area (Å²) in [5.41, 5.74) is 2.42. The van der Waals surface area contributed by atoms with E-state index in [-0.39, 0.29) is 11.7 Å². The van der Waals surface area contributed by atoms with Gasteiger partial charge in [0.1, 0.15) is 11.5 Å². The minimum Gasteiger partial charge on any atom is -0.321 e. The van der Waals surface area contributed by atoms with Crippen LogP contribution in [0.1, 0.15) is 15.4 Å². The van der Waals surface area contributed by atoms with Gasteiger partial charge in [0.05, 0.1) is 5.51 Å². The van der Waals surface area contributed by atoms with Gasteiger partial charge in [-0.3, -0.25) is 4.79 Å². The highest BCUT2D eigenvalue weighted by Crippen LogP contribution is 2.14. The molecule has 2 rings (SSSR count). The Morgan fingerprint density at radius 2 is 2.31 bits per heavy atom. The first-order valence-electron chi connectivity index (χ1n) is 4.64. The molecule has 0 atom stereocenters. The molecule has 1 aromatic carbocycles. The Morgan fingerprint density at radius 3 is 2.94 bits per heavy atom. The van der Waals surface area contributed by atoms with E-state index in [4.69, 9.17) is 0 Å². The minimum absolute atomic E-state index is 0.315. The van der Waals surface area contributed by atoms with Crippen molar-refractivity contribution in [3.8, 4) is 0 Å². The fourth-order valence-corrected chi connectivity index (χ4v) is 1.85. The molecule has 1 heterocycles. The molecule has 2 aromatic rings. The van der Waals surface area contributed by atoms with Crippen LogP contribution >= 0.6 is 11.3 Å². The quantitative estimate of drug-likeness (QED) is 0.871. The molecule has 0 aliphatic rings. The first-order valence-corrected chi connectivity index (χ1v) is 5.52. The second-order valence-corrected chi connectivity index (χ2v) is 4.28. The van der Waals surface area contributed by atoms with E-state index in [1.165, 1.54) is 23.5 Å². The van der Waals surface area contributed by atoms with Gasteiger partial charge in [0.25, 0.3) is 5.91 Å². The van der Waals surface area contributed by atoms with Crippen molar-refractivity contribution in [2.45, 2.75) is 6.92 Å². The maximum Gasteiger partial charge on any atom is 0.275 e. The molecule has 0 fully saturated rings. The summed E-state index contributed by atoms with van der Waals surface area (Å²) in [4.78, 5) is 16.5. The minimum atomic E-state index is -0.382. The van der Waals surface area contributed by atoms with Gasteiger partial charge < -0.3 is 5.32 Å². The molecule has 0 radical (unpaired) electrons. The molecule has 0 spiro atoms. The third-order valence-corrected chi connectivity index (χ3v) is 2.80. The van der Waals surface area contributed by atoms with Crippen molar-refractivity contribution in [1.29, 1.82) is 0 Å². The molecule has 82 valence electrons. The Balaban J connectivity index is 2.17. The van der Waals surface area contributed by atoms with Crippen LogP contribution in [0.3, 0.4) is 0 Å². The molecular weight excluding hydrogens is 227 g/mol. The molecule has 5 heteroatoms. The lowest BCUT2D eigenvalue weighted by atomic mass is 10.3. The number of hydrogen-bond acceptors (Lipinski definition) is 3. The Morgan fingerprint density at radius 1 is 1.50 bits per heavy atom. The molecule has 1 aromatic heterocycles. The summed E-state index contributed by atoms with van der Waals surface area (Å²) < 4.78 is 12.9. The van der Waals surface area contributed by atoms with Crippen LogP contribution in [0.25, 0.3) is 0 Å². The average Bonchev–Trinajstić information content (AvgIpc) is 2.64. The van der Waals surface area contributed by atoms with Crippen LogP contribution in [-0.2, 0) is 0 Å². The number of rotatable bonds is 2. The molecule has 16 heavy (non-hydrogen) atoms. The van der Waals surface area contributed by atoms with Gasteiger partial charge in [0.15, 0.2) is 0 Å². The van der Waals surface area contributed by atoms with E-state index in [9.17, 15) is 9.18 Å². The number of nitrogens with zero attached hydrogens (tertiary/aromatic N) is 1. The normalized spacial score (nSPS) is 10.1. The van der Waals surface area contributed by atoms with Gasteiger partial charge in [-0.2, -0.15) is 0 Å². The number of hydrogen-bond donors (Lipinski definition) is 1. The average molecular weight is 236 g/mol. The topological polar surface area (TPSA) is 42.0 Å². The number of anilines is 1. The number of amides is 1. The number of carbonyl (C=O) groups is 1. The van der Waals surface area contributed by atoms with Crippen molar-refractivity contribution in [1.82, 2.24) is 4.98 Å². The van der Waals surface area contributed by atoms with E-state index < -0.39 is 0 Å². The van der Waals surface area contributed by atoms with Crippen LogP contribution in [0.15, 0.2) is 29.8 Å². The van der Waals surface area contributed by atoms with Crippen molar-refractivity contribution in [2.75, 3.05) is 5.32 Å². The zero-order valence-electron chi connectivity index (χ0n) is 8.53. The van der Waals surface area contributed by atoms with Crippen molar-refractivity contribution >= 4 is 22.9 Å². The zero-order chi connectivity index (χ0) is 11.5. The Bertz CT molecular complexity index is 524. The number of benzene rings is 1. The third kappa shape index (κ3) is 2.25. The maximum atomic E-state index is 12.9. The fraction of sp³-hybridized carbons (Fsp3) is 0.0909. The SMILES string of the molecule is Cc1scnc1C(=O)Nc1cccc(F)c1. The van der Waals surface area contributed by atoms with E-state index in [0.717, 1.165) is 4.88 Å². The van der Waals surface area contributed by atoms with Crippen molar-refractivity contribution in [3.05, 3.63) is 46.2 Å². The highest BCUT2D eigenvalue weighted by Gasteiger charge is 2.11. The van der Waals surface area contributed by atoms with Crippen LogP contribution in [0.2, 0.25) is 0 Å². The Hall–Kier alpha value is -1.75. The molecule has 0 aliphatic carbocycles. The molecule has 0 saturated carbocycles. The Kier molecular flexibility index (Phi) is 2.96. The van der Waals surface area contributed by atoms with E-state index in [0.29, 0.717) is 11.4 Å². The lowest BCUT2D eigenvalue weighted by Crippen LogP contribution is -2.13. The molecular formula is C11H9FN2OS. The number of halogens is 1. The van der Waals surface area contributed by atoms with Crippen molar-refractivity contribution in [2.24, 2.45) is 0 Å². The molecule has 1 N–H and O–H groups in total. The summed E-state index contributed by atoms with van der Waals surface area (Å²) >= 11 is 1.40. The summed E-state index contributed by atoms with van der Waals surface area (Å²) in [6.45, 7) is 1.82. The smallest absolute Gasteiger partial charge is 0.275 e. The van der Waals surface area contributed by atoms with Gasteiger partial charge in [-0.25, -0.2) is 9.37 Å². The molecule has 1 amide bonds. The maximum absolute atomic E-state index is 12.9. The largest absolute Gasteiger partial charge is 0.321 e. The van der Waals surface area contributed by atoms with Gasteiger partial charge in [0.2, 0.25) is 0 Å². The van der Waals surface area contributed by atoms with Crippen LogP contribution < -0.4 is 5.32 Å². The molecule has 0 aliphatic heterocycles. The van der Waals surface area contributed by atoms with E-state index >= 15 is 0 Å². The number of carbonyl (C=O) groups excluding carboxylic acids is 1. The van der Waals surface area contributed by atoms with E-state index in [2.05, 4.69) is 10.3 Å². The predicted octanol–water partition coefficient (Wildman–Crippen LogP) is 2.84. The fourth-order valence-electron chi connectivity index (χ4n) is 1.28. The van der Waals surface area contributed by atoms with E-state index in [1.54, 1.807) is 17.6 Å². The predicted molar refractivity (Wildman–Crippen MR) is 61.2 cm³/mol. The highest BCUT2D eigenvalue weighted by molar-refractivity contribution is 7.09. The lowest BCUT2D eigenvalue weighted by Gasteiger charge is -2.03. The number of thiazole rings is 1. The number of nitrogens with one attached hydrogen (secondary N) is 1. The van der Waals surface area contributed by atoms with Crippen LogP contribution in [-0.4, -0.2) is 10.9 Å². The van der Waals surface area contributed by atoms with Crippen molar-refractivity contribution in [3.63, 3.8) is 0 Å². The summed E-state index contributed by atoms with van der Waals surface area (Å²) in [6, 6.07) is 5.75. The number of aryl methyl sites for hydroxylation is 1. The van der Waals surface area contributed by atoms with E-state index in [1.807, 2.05) is 6.92 Å². The Labute approximate surface area is 96.0 Å². The van der Waals surface area contributed by atoms with Gasteiger partial charge >= 0.3 is 0 Å². The monoisotopic (exact) mass is 236 g/mol. The van der Waals surface area contributed by atoms with Crippen molar-refractivity contribution < 1.29 is 9.18 Å². The second kappa shape index (κ2) is 4.40. The number of aromatic nitrogens is 1. The van der Waals surface area contributed by atoms with Crippen LogP contribution in [0, 0.1) is 12.7 Å². The molecule has 0 bridgehead atoms. The molecule has 3 nitrogen and oxygen atoms in total. The van der Waals surface area contributed by atoms with Gasteiger partial charge in [-0.05, 0) is 25.1 Å². The molecule has 0 unspecified atom stereocenters. The highest BCUT2D eigenvalue weighted by atomic mass is 32.1. The lowest BCUT2D eigenvalue weighted by molar-refractivity contribution is 0.102. The van der Waals surface area contributed by atoms with Gasteiger partial charge in [0, 0.05) is 10.6 Å². The summed E-state index contributed by atoms with van der Waals surface area (Å²) in [7, 11) is 0. The second-order valence-electron chi connectivity index (χ2n) is 3.22. The van der Waals surface area contributed by atoms with Crippen LogP contribution in [0.4, 0.5) is 10.1 Å². The summed E-state index contributed by atoms with van der Waals surface area (Å²) in [5, 5.41) is 2.59. The summed E-state index contributed by atoms with van der Waals surface area (Å²) in [6.07, 6.45) is 0. The third-order valence-electron chi connectivity index (χ3n) is 2.04. The first-order chi connectivity index (χ1) is 7.66. The van der Waals surface area contributed by atoms with Gasteiger partial charge in [-0.15, -0.1) is 11.3 Å². The van der Waals surface area contributed by atoms with Crippen LogP contribution in [0.5, 0.6) is 0 Å².